The van der Waals surface area contributed by atoms with Crippen LogP contribution < -0.4 is 0 Å². The predicted octanol–water partition coefficient (Wildman–Crippen LogP) is 4.50. The van der Waals surface area contributed by atoms with Crippen LogP contribution in [0.5, 0.6) is 0 Å². The number of methoxy groups -OCH3 is 1. The molecule has 2 saturated heterocycles. The van der Waals surface area contributed by atoms with E-state index in [-0.39, 0.29) is 5.91 Å². The zero-order chi connectivity index (χ0) is 21.8. The van der Waals surface area contributed by atoms with E-state index in [2.05, 4.69) is 58.7 Å². The number of amides is 1. The summed E-state index contributed by atoms with van der Waals surface area (Å²) in [4.78, 5) is 18.3. The lowest BCUT2D eigenvalue weighted by molar-refractivity contribution is -0.132. The monoisotopic (exact) mass is 425 g/mol. The molecule has 1 aromatic carbocycles. The van der Waals surface area contributed by atoms with Crippen LogP contribution in [0.1, 0.15) is 57.6 Å². The summed E-state index contributed by atoms with van der Waals surface area (Å²) in [5.74, 6) is 0.823. The van der Waals surface area contributed by atoms with Crippen LogP contribution in [0.15, 0.2) is 30.5 Å². The molecule has 2 aliphatic rings. The minimum atomic E-state index is 0.233. The highest BCUT2D eigenvalue weighted by atomic mass is 16.5. The average molecular weight is 426 g/mol. The Bertz CT molecular complexity index is 873. The van der Waals surface area contributed by atoms with Gasteiger partial charge in [0.15, 0.2) is 0 Å². The zero-order valence-electron chi connectivity index (χ0n) is 19.6. The first-order chi connectivity index (χ1) is 15.1. The standard InChI is InChI=1S/C26H39N3O2/c1-20(2)29-19-22(23-10-4-5-12-25(23)29)17-26(30)28(15-16-31-3)18-21-9-8-14-27-13-7-6-11-24(21)27/h4-5,10,12,19-21,24H,6-9,11,13-18H2,1-3H3/t21-,24+/m0/s1. The second kappa shape index (κ2) is 10.2. The Kier molecular flexibility index (Phi) is 7.34. The van der Waals surface area contributed by atoms with E-state index in [1.165, 1.54) is 56.1 Å². The number of aromatic nitrogens is 1. The lowest BCUT2D eigenvalue weighted by atomic mass is 9.83. The van der Waals surface area contributed by atoms with Gasteiger partial charge in [0, 0.05) is 49.4 Å². The highest BCUT2D eigenvalue weighted by molar-refractivity contribution is 5.89. The van der Waals surface area contributed by atoms with Gasteiger partial charge in [0.05, 0.1) is 13.0 Å². The second-order valence-electron chi connectivity index (χ2n) is 9.68. The molecule has 2 fully saturated rings. The molecule has 3 heterocycles. The fourth-order valence-corrected chi connectivity index (χ4v) is 5.71. The third-order valence-electron chi connectivity index (χ3n) is 7.32. The molecule has 31 heavy (non-hydrogen) atoms. The number of carbonyl (C=O) groups is 1. The summed E-state index contributed by atoms with van der Waals surface area (Å²) in [5.41, 5.74) is 2.36. The van der Waals surface area contributed by atoms with Gasteiger partial charge in [0.2, 0.25) is 5.91 Å². The van der Waals surface area contributed by atoms with E-state index in [0.717, 1.165) is 12.1 Å². The quantitative estimate of drug-likeness (QED) is 0.625. The van der Waals surface area contributed by atoms with Crippen LogP contribution in [0.25, 0.3) is 10.9 Å². The van der Waals surface area contributed by atoms with Crippen LogP contribution in [0, 0.1) is 5.92 Å². The van der Waals surface area contributed by atoms with Gasteiger partial charge in [0.1, 0.15) is 0 Å². The Hall–Kier alpha value is -1.85. The minimum absolute atomic E-state index is 0.233. The Morgan fingerprint density at radius 2 is 1.97 bits per heavy atom. The fourth-order valence-electron chi connectivity index (χ4n) is 5.71. The van der Waals surface area contributed by atoms with E-state index in [1.54, 1.807) is 7.11 Å². The number of hydrogen-bond acceptors (Lipinski definition) is 3. The van der Waals surface area contributed by atoms with Gasteiger partial charge in [-0.15, -0.1) is 0 Å². The van der Waals surface area contributed by atoms with Crippen LogP contribution >= 0.6 is 0 Å². The molecule has 1 amide bonds. The largest absolute Gasteiger partial charge is 0.383 e. The predicted molar refractivity (Wildman–Crippen MR) is 126 cm³/mol. The molecule has 170 valence electrons. The molecule has 4 rings (SSSR count). The molecular formula is C26H39N3O2. The first-order valence-corrected chi connectivity index (χ1v) is 12.2. The maximum Gasteiger partial charge on any atom is 0.227 e. The Balaban J connectivity index is 1.51. The maximum absolute atomic E-state index is 13.5. The Morgan fingerprint density at radius 3 is 2.77 bits per heavy atom. The molecule has 0 N–H and O–H groups in total. The molecule has 5 heteroatoms. The fraction of sp³-hybridized carbons (Fsp3) is 0.654. The van der Waals surface area contributed by atoms with Crippen molar-refractivity contribution in [2.45, 2.75) is 64.5 Å². The Morgan fingerprint density at radius 1 is 1.16 bits per heavy atom. The number of nitrogens with zero attached hydrogens (tertiary/aromatic N) is 3. The molecule has 0 unspecified atom stereocenters. The van der Waals surface area contributed by atoms with Crippen molar-refractivity contribution < 1.29 is 9.53 Å². The minimum Gasteiger partial charge on any atom is -0.383 e. The first kappa shape index (κ1) is 22.3. The Labute approximate surface area is 187 Å². The van der Waals surface area contributed by atoms with Crippen molar-refractivity contribution >= 4 is 16.8 Å². The summed E-state index contributed by atoms with van der Waals surface area (Å²) < 4.78 is 7.66. The van der Waals surface area contributed by atoms with Gasteiger partial charge >= 0.3 is 0 Å². The van der Waals surface area contributed by atoms with E-state index in [9.17, 15) is 4.79 Å². The van der Waals surface area contributed by atoms with Crippen molar-refractivity contribution in [2.75, 3.05) is 39.9 Å². The molecule has 2 aliphatic heterocycles. The van der Waals surface area contributed by atoms with Crippen molar-refractivity contribution in [1.82, 2.24) is 14.4 Å². The summed E-state index contributed by atoms with van der Waals surface area (Å²) in [6, 6.07) is 9.49. The molecule has 0 aliphatic carbocycles. The van der Waals surface area contributed by atoms with E-state index in [0.29, 0.717) is 37.6 Å². The highest BCUT2D eigenvalue weighted by Gasteiger charge is 2.34. The van der Waals surface area contributed by atoms with Gasteiger partial charge in [-0.3, -0.25) is 4.79 Å². The first-order valence-electron chi connectivity index (χ1n) is 12.2. The summed E-state index contributed by atoms with van der Waals surface area (Å²) in [6.45, 7) is 9.02. The summed E-state index contributed by atoms with van der Waals surface area (Å²) >= 11 is 0. The zero-order valence-corrected chi connectivity index (χ0v) is 19.6. The van der Waals surface area contributed by atoms with Gasteiger partial charge in [-0.05, 0) is 70.2 Å². The number of para-hydroxylation sites is 1. The number of rotatable bonds is 8. The molecule has 0 radical (unpaired) electrons. The number of ether oxygens (including phenoxy) is 1. The van der Waals surface area contributed by atoms with Crippen LogP contribution in [-0.4, -0.2) is 66.2 Å². The molecular weight excluding hydrogens is 386 g/mol. The van der Waals surface area contributed by atoms with Crippen molar-refractivity contribution in [3.63, 3.8) is 0 Å². The van der Waals surface area contributed by atoms with Crippen molar-refractivity contribution in [2.24, 2.45) is 5.92 Å². The molecule has 0 saturated carbocycles. The molecule has 2 atom stereocenters. The van der Waals surface area contributed by atoms with E-state index in [1.807, 2.05) is 0 Å². The normalized spacial score (nSPS) is 22.1. The average Bonchev–Trinajstić information content (AvgIpc) is 3.15. The van der Waals surface area contributed by atoms with Crippen molar-refractivity contribution in [3.8, 4) is 0 Å². The van der Waals surface area contributed by atoms with E-state index in [4.69, 9.17) is 4.74 Å². The molecule has 5 nitrogen and oxygen atoms in total. The van der Waals surface area contributed by atoms with Gasteiger partial charge in [-0.1, -0.05) is 24.6 Å². The number of hydrogen-bond donors (Lipinski definition) is 0. The van der Waals surface area contributed by atoms with Crippen LogP contribution in [0.2, 0.25) is 0 Å². The van der Waals surface area contributed by atoms with Gasteiger partial charge in [0.25, 0.3) is 0 Å². The smallest absolute Gasteiger partial charge is 0.227 e. The van der Waals surface area contributed by atoms with Crippen LogP contribution in [0.4, 0.5) is 0 Å². The number of carbonyl (C=O) groups excluding carboxylic acids is 1. The summed E-state index contributed by atoms with van der Waals surface area (Å²) in [6.07, 6.45) is 9.10. The molecule has 1 aromatic heterocycles. The lowest BCUT2D eigenvalue weighted by Crippen LogP contribution is -2.52. The third kappa shape index (κ3) is 4.98. The van der Waals surface area contributed by atoms with Gasteiger partial charge < -0.3 is 19.1 Å². The maximum atomic E-state index is 13.5. The SMILES string of the molecule is COCCN(C[C@@H]1CCCN2CCCC[C@H]12)C(=O)Cc1cn(C(C)C)c2ccccc12. The van der Waals surface area contributed by atoms with Crippen LogP contribution in [0.3, 0.4) is 0 Å². The van der Waals surface area contributed by atoms with E-state index < -0.39 is 0 Å². The number of benzene rings is 1. The highest BCUT2D eigenvalue weighted by Crippen LogP contribution is 2.32. The lowest BCUT2D eigenvalue weighted by Gasteiger charge is -2.45. The number of fused-ring (bicyclic) bond motifs is 2. The van der Waals surface area contributed by atoms with E-state index >= 15 is 0 Å². The summed E-state index contributed by atoms with van der Waals surface area (Å²) in [7, 11) is 1.72. The second-order valence-corrected chi connectivity index (χ2v) is 9.68. The van der Waals surface area contributed by atoms with Crippen LogP contribution in [-0.2, 0) is 16.0 Å². The topological polar surface area (TPSA) is 37.7 Å². The number of piperidine rings is 2. The van der Waals surface area contributed by atoms with Gasteiger partial charge in [-0.2, -0.15) is 0 Å². The van der Waals surface area contributed by atoms with Crippen molar-refractivity contribution in [3.05, 3.63) is 36.0 Å². The van der Waals surface area contributed by atoms with Crippen molar-refractivity contribution in [1.29, 1.82) is 0 Å². The molecule has 0 spiro atoms. The van der Waals surface area contributed by atoms with Gasteiger partial charge in [-0.25, -0.2) is 0 Å². The third-order valence-corrected chi connectivity index (χ3v) is 7.32. The summed E-state index contributed by atoms with van der Waals surface area (Å²) in [5, 5.41) is 1.20. The molecule has 0 bridgehead atoms. The molecule has 2 aromatic rings.